The van der Waals surface area contributed by atoms with E-state index < -0.39 is 0 Å². The molecule has 0 bridgehead atoms. The monoisotopic (exact) mass is 161 g/mol. The summed E-state index contributed by atoms with van der Waals surface area (Å²) in [5, 5.41) is 0. The number of rotatable bonds is 3. The normalized spacial score (nSPS) is 32.2. The molecule has 1 rings (SSSR count). The van der Waals surface area contributed by atoms with E-state index in [1.807, 2.05) is 0 Å². The van der Waals surface area contributed by atoms with Gasteiger partial charge in [-0.1, -0.05) is 0 Å². The molecular formula is C7H15NO3. The van der Waals surface area contributed by atoms with Crippen LogP contribution in [0.4, 0.5) is 0 Å². The highest BCUT2D eigenvalue weighted by molar-refractivity contribution is 4.77. The van der Waals surface area contributed by atoms with Crippen LogP contribution < -0.4 is 5.48 Å². The molecule has 1 aliphatic rings. The van der Waals surface area contributed by atoms with E-state index in [0.29, 0.717) is 6.61 Å². The first-order chi connectivity index (χ1) is 5.38. The Bertz CT molecular complexity index is 108. The second-order valence-corrected chi connectivity index (χ2v) is 2.57. The van der Waals surface area contributed by atoms with Gasteiger partial charge in [-0.15, -0.1) is 0 Å². The molecule has 1 heterocycles. The number of hydroxylamine groups is 1. The molecule has 1 saturated heterocycles. The summed E-state index contributed by atoms with van der Waals surface area (Å²) < 4.78 is 10.4. The topological polar surface area (TPSA) is 39.7 Å². The smallest absolute Gasteiger partial charge is 0.0980 e. The molecule has 0 aromatic carbocycles. The van der Waals surface area contributed by atoms with E-state index in [0.717, 1.165) is 13.0 Å². The van der Waals surface area contributed by atoms with Crippen molar-refractivity contribution in [3.8, 4) is 0 Å². The fourth-order valence-corrected chi connectivity index (χ4v) is 1.23. The molecule has 2 unspecified atom stereocenters. The average Bonchev–Trinajstić information content (AvgIpc) is 2.06. The van der Waals surface area contributed by atoms with Gasteiger partial charge in [0.15, 0.2) is 0 Å². The first-order valence-corrected chi connectivity index (χ1v) is 3.77. The van der Waals surface area contributed by atoms with E-state index in [9.17, 15) is 0 Å². The molecule has 66 valence electrons. The van der Waals surface area contributed by atoms with Crippen LogP contribution in [-0.4, -0.2) is 39.6 Å². The summed E-state index contributed by atoms with van der Waals surface area (Å²) >= 11 is 0. The molecule has 1 fully saturated rings. The van der Waals surface area contributed by atoms with Gasteiger partial charge in [-0.2, -0.15) is 5.48 Å². The van der Waals surface area contributed by atoms with Gasteiger partial charge in [-0.25, -0.2) is 0 Å². The SMILES string of the molecule is CONC1CCOCC1OC. The van der Waals surface area contributed by atoms with Crippen molar-refractivity contribution in [1.82, 2.24) is 5.48 Å². The van der Waals surface area contributed by atoms with Crippen LogP contribution in [0, 0.1) is 0 Å². The molecule has 0 spiro atoms. The molecule has 0 aromatic heterocycles. The van der Waals surface area contributed by atoms with E-state index in [1.54, 1.807) is 14.2 Å². The van der Waals surface area contributed by atoms with E-state index >= 15 is 0 Å². The van der Waals surface area contributed by atoms with Crippen molar-refractivity contribution < 1.29 is 14.3 Å². The van der Waals surface area contributed by atoms with E-state index in [-0.39, 0.29) is 12.1 Å². The summed E-state index contributed by atoms with van der Waals surface area (Å²) in [5.74, 6) is 0. The lowest BCUT2D eigenvalue weighted by Gasteiger charge is -2.29. The molecule has 4 heteroatoms. The molecule has 1 aliphatic heterocycles. The fourth-order valence-electron chi connectivity index (χ4n) is 1.23. The van der Waals surface area contributed by atoms with Gasteiger partial charge >= 0.3 is 0 Å². The van der Waals surface area contributed by atoms with Gasteiger partial charge in [0, 0.05) is 13.7 Å². The van der Waals surface area contributed by atoms with Gasteiger partial charge in [0.25, 0.3) is 0 Å². The molecule has 0 saturated carbocycles. The minimum Gasteiger partial charge on any atom is -0.379 e. The molecule has 11 heavy (non-hydrogen) atoms. The van der Waals surface area contributed by atoms with Crippen LogP contribution in [0.25, 0.3) is 0 Å². The fraction of sp³-hybridized carbons (Fsp3) is 1.00. The third kappa shape index (κ3) is 2.41. The highest BCUT2D eigenvalue weighted by atomic mass is 16.6. The lowest BCUT2D eigenvalue weighted by molar-refractivity contribution is -0.0870. The highest BCUT2D eigenvalue weighted by Gasteiger charge is 2.24. The Hall–Kier alpha value is -0.160. The van der Waals surface area contributed by atoms with Crippen LogP contribution >= 0.6 is 0 Å². The Kier molecular flexibility index (Phi) is 3.79. The van der Waals surface area contributed by atoms with Crippen molar-refractivity contribution in [3.63, 3.8) is 0 Å². The molecule has 0 amide bonds. The van der Waals surface area contributed by atoms with Crippen molar-refractivity contribution >= 4 is 0 Å². The maximum Gasteiger partial charge on any atom is 0.0980 e. The quantitative estimate of drug-likeness (QED) is 0.589. The summed E-state index contributed by atoms with van der Waals surface area (Å²) in [6.07, 6.45) is 1.05. The molecule has 0 aromatic rings. The largest absolute Gasteiger partial charge is 0.379 e. The summed E-state index contributed by atoms with van der Waals surface area (Å²) in [7, 11) is 3.30. The summed E-state index contributed by atoms with van der Waals surface area (Å²) in [5.41, 5.74) is 2.88. The molecule has 0 radical (unpaired) electrons. The minimum atomic E-state index is 0.115. The van der Waals surface area contributed by atoms with Gasteiger partial charge < -0.3 is 14.3 Å². The van der Waals surface area contributed by atoms with E-state index in [1.165, 1.54) is 0 Å². The lowest BCUT2D eigenvalue weighted by atomic mass is 10.1. The van der Waals surface area contributed by atoms with Crippen LogP contribution in [0.1, 0.15) is 6.42 Å². The Morgan fingerprint density at radius 3 is 2.91 bits per heavy atom. The molecular weight excluding hydrogens is 146 g/mol. The van der Waals surface area contributed by atoms with Gasteiger partial charge in [0.1, 0.15) is 0 Å². The Morgan fingerprint density at radius 2 is 2.27 bits per heavy atom. The first-order valence-electron chi connectivity index (χ1n) is 3.77. The Morgan fingerprint density at radius 1 is 1.45 bits per heavy atom. The zero-order valence-corrected chi connectivity index (χ0v) is 7.00. The van der Waals surface area contributed by atoms with Gasteiger partial charge in [0.2, 0.25) is 0 Å². The van der Waals surface area contributed by atoms with E-state index in [4.69, 9.17) is 14.3 Å². The second kappa shape index (κ2) is 4.66. The number of ether oxygens (including phenoxy) is 2. The van der Waals surface area contributed by atoms with Crippen molar-refractivity contribution in [2.75, 3.05) is 27.4 Å². The van der Waals surface area contributed by atoms with Crippen LogP contribution in [0.15, 0.2) is 0 Å². The minimum absolute atomic E-state index is 0.115. The van der Waals surface area contributed by atoms with Crippen LogP contribution in [0.5, 0.6) is 0 Å². The number of hydrogen-bond acceptors (Lipinski definition) is 4. The van der Waals surface area contributed by atoms with Crippen LogP contribution in [0.2, 0.25) is 0 Å². The van der Waals surface area contributed by atoms with Crippen molar-refractivity contribution in [2.45, 2.75) is 18.6 Å². The van der Waals surface area contributed by atoms with Gasteiger partial charge in [-0.3, -0.25) is 0 Å². The molecule has 0 aliphatic carbocycles. The predicted octanol–water partition coefficient (Wildman–Crippen LogP) is -0.0587. The second-order valence-electron chi connectivity index (χ2n) is 2.57. The summed E-state index contributed by atoms with van der Waals surface area (Å²) in [4.78, 5) is 4.83. The van der Waals surface area contributed by atoms with Crippen LogP contribution in [-0.2, 0) is 14.3 Å². The first kappa shape index (κ1) is 8.93. The summed E-state index contributed by atoms with van der Waals surface area (Å²) in [6.45, 7) is 1.43. The van der Waals surface area contributed by atoms with Gasteiger partial charge in [0.05, 0.1) is 25.9 Å². The van der Waals surface area contributed by atoms with Crippen molar-refractivity contribution in [1.29, 1.82) is 0 Å². The third-order valence-electron chi connectivity index (χ3n) is 1.88. The lowest BCUT2D eigenvalue weighted by Crippen LogP contribution is -2.46. The maximum atomic E-state index is 5.23. The van der Waals surface area contributed by atoms with E-state index in [2.05, 4.69) is 5.48 Å². The zero-order chi connectivity index (χ0) is 8.10. The Labute approximate surface area is 66.8 Å². The molecule has 4 nitrogen and oxygen atoms in total. The Balaban J connectivity index is 2.31. The number of methoxy groups -OCH3 is 1. The summed E-state index contributed by atoms with van der Waals surface area (Å²) in [6, 6.07) is 0.263. The molecule has 1 N–H and O–H groups in total. The van der Waals surface area contributed by atoms with Gasteiger partial charge in [-0.05, 0) is 6.42 Å². The third-order valence-corrected chi connectivity index (χ3v) is 1.88. The molecule has 2 atom stereocenters. The van der Waals surface area contributed by atoms with Crippen LogP contribution in [0.3, 0.4) is 0 Å². The highest BCUT2D eigenvalue weighted by Crippen LogP contribution is 2.09. The standard InChI is InChI=1S/C7H15NO3/c1-9-7-5-11-4-3-6(7)8-10-2/h6-8H,3-5H2,1-2H3. The zero-order valence-electron chi connectivity index (χ0n) is 7.00. The maximum absolute atomic E-state index is 5.23. The number of hydrogen-bond donors (Lipinski definition) is 1. The van der Waals surface area contributed by atoms with Crippen molar-refractivity contribution in [2.24, 2.45) is 0 Å². The van der Waals surface area contributed by atoms with Crippen molar-refractivity contribution in [3.05, 3.63) is 0 Å². The number of nitrogens with one attached hydrogen (secondary N) is 1. The predicted molar refractivity (Wildman–Crippen MR) is 40.2 cm³/mol. The average molecular weight is 161 g/mol.